The molecule has 0 aliphatic heterocycles. The molecule has 0 aliphatic rings. The van der Waals surface area contributed by atoms with Crippen molar-refractivity contribution in [3.8, 4) is 0 Å². The molecule has 0 unspecified atom stereocenters. The molecule has 4 rings (SSSR count). The van der Waals surface area contributed by atoms with E-state index >= 15 is 0 Å². The molecule has 2 N–H and O–H groups in total. The first-order chi connectivity index (χ1) is 14.0. The zero-order chi connectivity index (χ0) is 20.4. The molecule has 0 bridgehead atoms. The highest BCUT2D eigenvalue weighted by Crippen LogP contribution is 2.27. The number of aromatic nitrogens is 3. The molecule has 148 valence electrons. The highest BCUT2D eigenvalue weighted by atomic mass is 35.5. The van der Waals surface area contributed by atoms with E-state index in [1.165, 1.54) is 0 Å². The van der Waals surface area contributed by atoms with Crippen molar-refractivity contribution < 1.29 is 4.79 Å². The summed E-state index contributed by atoms with van der Waals surface area (Å²) in [7, 11) is 0. The summed E-state index contributed by atoms with van der Waals surface area (Å²) in [5, 5.41) is 9.71. The van der Waals surface area contributed by atoms with E-state index in [1.807, 2.05) is 30.5 Å². The van der Waals surface area contributed by atoms with E-state index < -0.39 is 0 Å². The zero-order valence-corrected chi connectivity index (χ0v) is 17.5. The smallest absolute Gasteiger partial charge is 0.225 e. The lowest BCUT2D eigenvalue weighted by atomic mass is 10.1. The molecule has 0 fully saturated rings. The van der Waals surface area contributed by atoms with E-state index in [2.05, 4.69) is 15.4 Å². The van der Waals surface area contributed by atoms with Gasteiger partial charge in [0.2, 0.25) is 5.91 Å². The van der Waals surface area contributed by atoms with Crippen LogP contribution in [0.25, 0.3) is 10.9 Å². The van der Waals surface area contributed by atoms with Crippen LogP contribution in [-0.2, 0) is 17.8 Å². The Morgan fingerprint density at radius 3 is 2.59 bits per heavy atom. The number of H-pyrrole nitrogens is 1. The number of anilines is 1. The second kappa shape index (κ2) is 8.49. The largest absolute Gasteiger partial charge is 0.361 e. The number of nitrogens with one attached hydrogen (secondary N) is 2. The number of benzene rings is 2. The Kier molecular flexibility index (Phi) is 5.81. The molecule has 29 heavy (non-hydrogen) atoms. The van der Waals surface area contributed by atoms with Crippen LogP contribution in [0.4, 0.5) is 5.82 Å². The summed E-state index contributed by atoms with van der Waals surface area (Å²) in [6.45, 7) is 0.351. The van der Waals surface area contributed by atoms with Gasteiger partial charge in [0.05, 0.1) is 6.54 Å². The summed E-state index contributed by atoms with van der Waals surface area (Å²) in [6, 6.07) is 13.3. The molecule has 0 saturated heterocycles. The average molecular weight is 448 g/mol. The summed E-state index contributed by atoms with van der Waals surface area (Å²) in [6.07, 6.45) is 4.51. The number of halogens is 3. The predicted octanol–water partition coefficient (Wildman–Crippen LogP) is 5.94. The first-order valence-corrected chi connectivity index (χ1v) is 10.2. The van der Waals surface area contributed by atoms with Gasteiger partial charge in [0, 0.05) is 45.3 Å². The summed E-state index contributed by atoms with van der Waals surface area (Å²) < 4.78 is 1.60. The van der Waals surface area contributed by atoms with Crippen molar-refractivity contribution in [3.05, 3.63) is 81.1 Å². The van der Waals surface area contributed by atoms with Gasteiger partial charge in [0.15, 0.2) is 5.82 Å². The molecule has 0 radical (unpaired) electrons. The number of para-hydroxylation sites is 1. The maximum atomic E-state index is 12.4. The number of carbonyl (C=O) groups excluding carboxylic acids is 1. The topological polar surface area (TPSA) is 62.7 Å². The molecule has 0 spiro atoms. The van der Waals surface area contributed by atoms with E-state index in [4.69, 9.17) is 34.8 Å². The van der Waals surface area contributed by atoms with Gasteiger partial charge in [-0.1, -0.05) is 59.1 Å². The summed E-state index contributed by atoms with van der Waals surface area (Å²) in [5.41, 5.74) is 2.90. The van der Waals surface area contributed by atoms with Gasteiger partial charge in [-0.05, 0) is 30.2 Å². The zero-order valence-electron chi connectivity index (χ0n) is 15.3. The van der Waals surface area contributed by atoms with Crippen LogP contribution in [0.15, 0.2) is 54.9 Å². The quantitative estimate of drug-likeness (QED) is 0.384. The Morgan fingerprint density at radius 2 is 1.79 bits per heavy atom. The lowest BCUT2D eigenvalue weighted by Gasteiger charge is -2.07. The number of hydrogen-bond donors (Lipinski definition) is 2. The van der Waals surface area contributed by atoms with Gasteiger partial charge in [-0.15, -0.1) is 0 Å². The van der Waals surface area contributed by atoms with Crippen LogP contribution in [0.5, 0.6) is 0 Å². The monoisotopic (exact) mass is 446 g/mol. The number of nitrogens with zero attached hydrogens (tertiary/aromatic N) is 2. The van der Waals surface area contributed by atoms with Crippen molar-refractivity contribution >= 4 is 57.4 Å². The molecule has 2 aromatic heterocycles. The van der Waals surface area contributed by atoms with E-state index in [-0.39, 0.29) is 5.91 Å². The van der Waals surface area contributed by atoms with Crippen LogP contribution < -0.4 is 5.32 Å². The van der Waals surface area contributed by atoms with E-state index in [0.717, 1.165) is 22.0 Å². The third-order valence-electron chi connectivity index (χ3n) is 4.65. The number of aryl methyl sites for hydroxylation is 1. The van der Waals surface area contributed by atoms with Gasteiger partial charge in [-0.3, -0.25) is 9.48 Å². The van der Waals surface area contributed by atoms with Gasteiger partial charge in [0.1, 0.15) is 5.02 Å². The van der Waals surface area contributed by atoms with Gasteiger partial charge in [-0.25, -0.2) is 0 Å². The summed E-state index contributed by atoms with van der Waals surface area (Å²) in [5.74, 6) is 0.164. The second-order valence-electron chi connectivity index (χ2n) is 6.63. The number of amides is 1. The summed E-state index contributed by atoms with van der Waals surface area (Å²) in [4.78, 5) is 15.6. The standard InChI is InChI=1S/C21H17Cl3N4O/c22-16-5-3-6-17(23)15(16)11-28-12-18(24)21(27-28)26-20(29)9-8-13-10-25-19-7-2-1-4-14(13)19/h1-7,10,12,25H,8-9,11H2,(H,26,27,29). The molecule has 4 aromatic rings. The number of hydrogen-bond acceptors (Lipinski definition) is 2. The number of carbonyl (C=O) groups is 1. The Bertz CT molecular complexity index is 1160. The molecule has 8 heteroatoms. The predicted molar refractivity (Wildman–Crippen MR) is 118 cm³/mol. The van der Waals surface area contributed by atoms with Crippen molar-refractivity contribution in [2.75, 3.05) is 5.32 Å². The van der Waals surface area contributed by atoms with Crippen molar-refractivity contribution in [2.45, 2.75) is 19.4 Å². The molecular formula is C21H17Cl3N4O. The average Bonchev–Trinajstić information content (AvgIpc) is 3.26. The molecule has 2 heterocycles. The van der Waals surface area contributed by atoms with Gasteiger partial charge in [0.25, 0.3) is 0 Å². The molecule has 2 aromatic carbocycles. The maximum absolute atomic E-state index is 12.4. The minimum atomic E-state index is -0.154. The highest BCUT2D eigenvalue weighted by Gasteiger charge is 2.14. The van der Waals surface area contributed by atoms with E-state index in [9.17, 15) is 4.79 Å². The first kappa shape index (κ1) is 19.8. The Labute approximate surface area is 182 Å². The molecule has 5 nitrogen and oxygen atoms in total. The Hall–Kier alpha value is -2.47. The van der Waals surface area contributed by atoms with E-state index in [1.54, 1.807) is 29.1 Å². The number of fused-ring (bicyclic) bond motifs is 1. The maximum Gasteiger partial charge on any atom is 0.225 e. The van der Waals surface area contributed by atoms with Gasteiger partial charge < -0.3 is 10.3 Å². The lowest BCUT2D eigenvalue weighted by molar-refractivity contribution is -0.116. The van der Waals surface area contributed by atoms with Crippen molar-refractivity contribution in [2.24, 2.45) is 0 Å². The fourth-order valence-electron chi connectivity index (χ4n) is 3.19. The molecule has 0 atom stereocenters. The molecule has 1 amide bonds. The van der Waals surface area contributed by atoms with Crippen LogP contribution in [0, 0.1) is 0 Å². The first-order valence-electron chi connectivity index (χ1n) is 9.02. The second-order valence-corrected chi connectivity index (χ2v) is 7.85. The minimum absolute atomic E-state index is 0.154. The highest BCUT2D eigenvalue weighted by molar-refractivity contribution is 6.36. The van der Waals surface area contributed by atoms with Crippen molar-refractivity contribution in [1.82, 2.24) is 14.8 Å². The minimum Gasteiger partial charge on any atom is -0.361 e. The van der Waals surface area contributed by atoms with Crippen molar-refractivity contribution in [3.63, 3.8) is 0 Å². The normalized spacial score (nSPS) is 11.1. The molecular weight excluding hydrogens is 431 g/mol. The fraction of sp³-hybridized carbons (Fsp3) is 0.143. The third kappa shape index (κ3) is 4.42. The van der Waals surface area contributed by atoms with Crippen LogP contribution in [0.3, 0.4) is 0 Å². The molecule has 0 aliphatic carbocycles. The van der Waals surface area contributed by atoms with Gasteiger partial charge in [-0.2, -0.15) is 5.10 Å². The van der Waals surface area contributed by atoms with Gasteiger partial charge >= 0.3 is 0 Å². The van der Waals surface area contributed by atoms with Crippen LogP contribution in [-0.4, -0.2) is 20.7 Å². The SMILES string of the molecule is O=C(CCc1c[nH]c2ccccc12)Nc1nn(Cc2c(Cl)cccc2Cl)cc1Cl. The summed E-state index contributed by atoms with van der Waals surface area (Å²) >= 11 is 18.7. The van der Waals surface area contributed by atoms with Crippen LogP contribution in [0.2, 0.25) is 15.1 Å². The van der Waals surface area contributed by atoms with Crippen LogP contribution in [0.1, 0.15) is 17.5 Å². The lowest BCUT2D eigenvalue weighted by Crippen LogP contribution is -2.13. The number of rotatable bonds is 6. The van der Waals surface area contributed by atoms with E-state index in [0.29, 0.717) is 40.3 Å². The Morgan fingerprint density at radius 1 is 1.03 bits per heavy atom. The Balaban J connectivity index is 1.41. The van der Waals surface area contributed by atoms with Crippen molar-refractivity contribution in [1.29, 1.82) is 0 Å². The number of aromatic amines is 1. The fourth-order valence-corrected chi connectivity index (χ4v) is 3.90. The molecule has 0 saturated carbocycles. The van der Waals surface area contributed by atoms with Crippen LogP contribution >= 0.6 is 34.8 Å². The third-order valence-corrected chi connectivity index (χ3v) is 5.64.